The second kappa shape index (κ2) is 6.78. The van der Waals surface area contributed by atoms with Gasteiger partial charge < -0.3 is 4.90 Å². The van der Waals surface area contributed by atoms with Crippen LogP contribution in [0.3, 0.4) is 0 Å². The number of rotatable bonds is 5. The molecular formula is C13H23N3S2. The molecule has 1 aliphatic heterocycles. The molecule has 0 bridgehead atoms. The van der Waals surface area contributed by atoms with Gasteiger partial charge in [0.05, 0.1) is 0 Å². The number of hydrogen-bond acceptors (Lipinski definition) is 5. The van der Waals surface area contributed by atoms with Crippen molar-refractivity contribution < 1.29 is 0 Å². The zero-order chi connectivity index (χ0) is 13.0. The summed E-state index contributed by atoms with van der Waals surface area (Å²) < 4.78 is 0. The van der Waals surface area contributed by atoms with Gasteiger partial charge in [0.25, 0.3) is 0 Å². The summed E-state index contributed by atoms with van der Waals surface area (Å²) in [6, 6.07) is 0. The molecule has 1 atom stereocenters. The highest BCUT2D eigenvalue weighted by Crippen LogP contribution is 2.20. The number of aromatic nitrogens is 1. The summed E-state index contributed by atoms with van der Waals surface area (Å²) in [7, 11) is 0. The number of nitrogens with zero attached hydrogens (tertiary/aromatic N) is 3. The molecule has 5 heteroatoms. The van der Waals surface area contributed by atoms with E-state index in [0.29, 0.717) is 5.92 Å². The Morgan fingerprint density at radius 1 is 1.33 bits per heavy atom. The maximum atomic E-state index is 4.48. The van der Waals surface area contributed by atoms with Crippen molar-refractivity contribution in [1.82, 2.24) is 9.88 Å². The van der Waals surface area contributed by atoms with E-state index < -0.39 is 0 Å². The van der Waals surface area contributed by atoms with Crippen LogP contribution in [0, 0.1) is 11.8 Å². The molecule has 0 aromatic carbocycles. The standard InChI is InChI=1S/C13H23N3S2/c1-11(2)12(10-17)9-15-4-6-16(7-5-15)13-14-3-8-18-13/h3,8,11-12,17H,4-7,9-10H2,1-2H3. The minimum atomic E-state index is 0.708. The van der Waals surface area contributed by atoms with E-state index in [1.807, 2.05) is 6.20 Å². The third-order valence-corrected chi connectivity index (χ3v) is 5.03. The monoisotopic (exact) mass is 285 g/mol. The van der Waals surface area contributed by atoms with Crippen LogP contribution in [-0.2, 0) is 0 Å². The second-order valence-corrected chi connectivity index (χ2v) is 6.53. The quantitative estimate of drug-likeness (QED) is 0.839. The van der Waals surface area contributed by atoms with Crippen LogP contribution in [0.25, 0.3) is 0 Å². The molecule has 2 rings (SSSR count). The van der Waals surface area contributed by atoms with E-state index in [1.165, 1.54) is 11.7 Å². The first-order chi connectivity index (χ1) is 8.70. The summed E-state index contributed by atoms with van der Waals surface area (Å²) in [5, 5.41) is 3.22. The topological polar surface area (TPSA) is 19.4 Å². The lowest BCUT2D eigenvalue weighted by molar-refractivity contribution is 0.204. The Morgan fingerprint density at radius 3 is 2.56 bits per heavy atom. The molecule has 1 fully saturated rings. The molecule has 1 saturated heterocycles. The average molecular weight is 285 g/mol. The van der Waals surface area contributed by atoms with E-state index in [9.17, 15) is 0 Å². The van der Waals surface area contributed by atoms with Gasteiger partial charge in [0.2, 0.25) is 0 Å². The fourth-order valence-electron chi connectivity index (χ4n) is 2.30. The molecule has 1 unspecified atom stereocenters. The van der Waals surface area contributed by atoms with Crippen molar-refractivity contribution in [1.29, 1.82) is 0 Å². The molecule has 102 valence electrons. The summed E-state index contributed by atoms with van der Waals surface area (Å²) in [6.07, 6.45) is 1.89. The molecule has 0 spiro atoms. The van der Waals surface area contributed by atoms with Crippen LogP contribution >= 0.6 is 24.0 Å². The van der Waals surface area contributed by atoms with Gasteiger partial charge in [-0.3, -0.25) is 4.90 Å². The van der Waals surface area contributed by atoms with Crippen LogP contribution in [0.1, 0.15) is 13.8 Å². The molecule has 18 heavy (non-hydrogen) atoms. The average Bonchev–Trinajstić information content (AvgIpc) is 2.90. The van der Waals surface area contributed by atoms with Crippen LogP contribution in [0.5, 0.6) is 0 Å². The highest BCUT2D eigenvalue weighted by molar-refractivity contribution is 7.80. The summed E-state index contributed by atoms with van der Waals surface area (Å²) in [6.45, 7) is 10.3. The Kier molecular flexibility index (Phi) is 5.33. The Morgan fingerprint density at radius 2 is 2.06 bits per heavy atom. The molecule has 1 aromatic heterocycles. The van der Waals surface area contributed by atoms with Crippen LogP contribution in [-0.4, -0.2) is 48.4 Å². The van der Waals surface area contributed by atoms with Crippen molar-refractivity contribution in [3.63, 3.8) is 0 Å². The molecule has 0 saturated carbocycles. The molecule has 2 heterocycles. The van der Waals surface area contributed by atoms with E-state index in [1.54, 1.807) is 11.3 Å². The van der Waals surface area contributed by atoms with Gasteiger partial charge >= 0.3 is 0 Å². The largest absolute Gasteiger partial charge is 0.346 e. The highest BCUT2D eigenvalue weighted by Gasteiger charge is 2.22. The smallest absolute Gasteiger partial charge is 0.185 e. The number of thiazole rings is 1. The fraction of sp³-hybridized carbons (Fsp3) is 0.769. The summed E-state index contributed by atoms with van der Waals surface area (Å²) in [4.78, 5) is 9.35. The Hall–Kier alpha value is -0.260. The van der Waals surface area contributed by atoms with Gasteiger partial charge in [-0.15, -0.1) is 11.3 Å². The Labute approximate surface area is 120 Å². The molecule has 1 aliphatic rings. The van der Waals surface area contributed by atoms with Crippen LogP contribution in [0.2, 0.25) is 0 Å². The van der Waals surface area contributed by atoms with Gasteiger partial charge in [0, 0.05) is 44.3 Å². The molecular weight excluding hydrogens is 262 g/mol. The molecule has 0 N–H and O–H groups in total. The van der Waals surface area contributed by atoms with Crippen LogP contribution in [0.15, 0.2) is 11.6 Å². The zero-order valence-corrected chi connectivity index (χ0v) is 13.0. The van der Waals surface area contributed by atoms with Crippen LogP contribution in [0.4, 0.5) is 5.13 Å². The third-order valence-electron chi connectivity index (χ3n) is 3.73. The number of piperazine rings is 1. The van der Waals surface area contributed by atoms with Crippen molar-refractivity contribution in [2.24, 2.45) is 11.8 Å². The minimum Gasteiger partial charge on any atom is -0.346 e. The molecule has 1 aromatic rings. The van der Waals surface area contributed by atoms with E-state index in [-0.39, 0.29) is 0 Å². The van der Waals surface area contributed by atoms with Crippen molar-refractivity contribution in [3.05, 3.63) is 11.6 Å². The van der Waals surface area contributed by atoms with Gasteiger partial charge in [0.1, 0.15) is 0 Å². The number of anilines is 1. The summed E-state index contributed by atoms with van der Waals surface area (Å²) in [5.41, 5.74) is 0. The van der Waals surface area contributed by atoms with Crippen molar-refractivity contribution >= 4 is 29.1 Å². The van der Waals surface area contributed by atoms with E-state index in [0.717, 1.165) is 37.8 Å². The number of thiol groups is 1. The maximum Gasteiger partial charge on any atom is 0.185 e. The minimum absolute atomic E-state index is 0.708. The van der Waals surface area contributed by atoms with Gasteiger partial charge in [-0.2, -0.15) is 12.6 Å². The first-order valence-corrected chi connectivity index (χ1v) is 8.19. The van der Waals surface area contributed by atoms with E-state index in [2.05, 4.69) is 46.6 Å². The summed E-state index contributed by atoms with van der Waals surface area (Å²) >= 11 is 6.21. The van der Waals surface area contributed by atoms with Crippen molar-refractivity contribution in [2.75, 3.05) is 43.4 Å². The summed E-state index contributed by atoms with van der Waals surface area (Å²) in [5.74, 6) is 2.42. The van der Waals surface area contributed by atoms with Gasteiger partial charge in [-0.1, -0.05) is 13.8 Å². The number of hydrogen-bond donors (Lipinski definition) is 1. The fourth-order valence-corrected chi connectivity index (χ4v) is 3.54. The zero-order valence-electron chi connectivity index (χ0n) is 11.2. The highest BCUT2D eigenvalue weighted by atomic mass is 32.1. The predicted octanol–water partition coefficient (Wildman–Crippen LogP) is 2.47. The van der Waals surface area contributed by atoms with Crippen LogP contribution < -0.4 is 4.90 Å². The Balaban J connectivity index is 1.80. The molecule has 0 amide bonds. The molecule has 3 nitrogen and oxygen atoms in total. The first-order valence-electron chi connectivity index (χ1n) is 6.68. The van der Waals surface area contributed by atoms with Crippen molar-refractivity contribution in [3.8, 4) is 0 Å². The SMILES string of the molecule is CC(C)C(CS)CN1CCN(c2nccs2)CC1. The van der Waals surface area contributed by atoms with Gasteiger partial charge in [-0.05, 0) is 17.6 Å². The lowest BCUT2D eigenvalue weighted by Gasteiger charge is -2.36. The third kappa shape index (κ3) is 3.62. The molecule has 0 radical (unpaired) electrons. The normalized spacial score (nSPS) is 19.4. The molecule has 0 aliphatic carbocycles. The Bertz CT molecular complexity index is 332. The van der Waals surface area contributed by atoms with E-state index >= 15 is 0 Å². The maximum absolute atomic E-state index is 4.48. The first kappa shape index (κ1) is 14.2. The lowest BCUT2D eigenvalue weighted by atomic mass is 9.97. The lowest BCUT2D eigenvalue weighted by Crippen LogP contribution is -2.48. The van der Waals surface area contributed by atoms with Crippen molar-refractivity contribution in [2.45, 2.75) is 13.8 Å². The van der Waals surface area contributed by atoms with Gasteiger partial charge in [0.15, 0.2) is 5.13 Å². The van der Waals surface area contributed by atoms with E-state index in [4.69, 9.17) is 0 Å². The second-order valence-electron chi connectivity index (χ2n) is 5.29. The van der Waals surface area contributed by atoms with Gasteiger partial charge in [-0.25, -0.2) is 4.98 Å². The predicted molar refractivity (Wildman–Crippen MR) is 82.9 cm³/mol.